The van der Waals surface area contributed by atoms with Gasteiger partial charge < -0.3 is 15.8 Å². The summed E-state index contributed by atoms with van der Waals surface area (Å²) in [4.78, 5) is 17.1. The Balaban J connectivity index is 3.17. The van der Waals surface area contributed by atoms with Crippen molar-refractivity contribution in [3.8, 4) is 0 Å². The summed E-state index contributed by atoms with van der Waals surface area (Å²) < 4.78 is 0. The molecule has 0 bridgehead atoms. The van der Waals surface area contributed by atoms with Gasteiger partial charge in [-0.1, -0.05) is 0 Å². The molecular weight excluding hydrogens is 158 g/mol. The van der Waals surface area contributed by atoms with E-state index in [1.165, 1.54) is 6.33 Å². The number of aliphatic hydroxyl groups is 1. The van der Waals surface area contributed by atoms with E-state index in [1.54, 1.807) is 13.8 Å². The van der Waals surface area contributed by atoms with E-state index in [4.69, 9.17) is 5.73 Å². The molecule has 1 heterocycles. The number of amides is 1. The average molecular weight is 169 g/mol. The molecule has 0 radical (unpaired) electrons. The third kappa shape index (κ3) is 1.45. The maximum Gasteiger partial charge on any atom is 0.269 e. The Bertz CT molecular complexity index is 298. The van der Waals surface area contributed by atoms with Crippen molar-refractivity contribution in [2.45, 2.75) is 19.4 Å². The molecule has 0 aliphatic rings. The molecule has 0 saturated heterocycles. The molecule has 1 rings (SSSR count). The van der Waals surface area contributed by atoms with Gasteiger partial charge in [-0.25, -0.2) is 4.98 Å². The van der Waals surface area contributed by atoms with Crippen molar-refractivity contribution in [3.05, 3.63) is 17.7 Å². The fourth-order valence-corrected chi connectivity index (χ4v) is 0.947. The highest BCUT2D eigenvalue weighted by Gasteiger charge is 2.24. The smallest absolute Gasteiger partial charge is 0.269 e. The zero-order valence-electron chi connectivity index (χ0n) is 6.96. The summed E-state index contributed by atoms with van der Waals surface area (Å²) in [5.74, 6) is -0.645. The second-order valence-electron chi connectivity index (χ2n) is 3.05. The lowest BCUT2D eigenvalue weighted by Gasteiger charge is -2.15. The third-order valence-corrected chi connectivity index (χ3v) is 1.48. The summed E-state index contributed by atoms with van der Waals surface area (Å²) in [6.45, 7) is 3.10. The van der Waals surface area contributed by atoms with Crippen LogP contribution in [0.2, 0.25) is 0 Å². The molecule has 0 aliphatic carbocycles. The van der Waals surface area contributed by atoms with Crippen molar-refractivity contribution in [1.82, 2.24) is 9.97 Å². The first-order valence-corrected chi connectivity index (χ1v) is 3.49. The Labute approximate surface area is 69.6 Å². The number of carbonyl (C=O) groups is 1. The zero-order chi connectivity index (χ0) is 9.35. The lowest BCUT2D eigenvalue weighted by atomic mass is 10.0. The Hall–Kier alpha value is -1.36. The first-order valence-electron chi connectivity index (χ1n) is 3.49. The van der Waals surface area contributed by atoms with Gasteiger partial charge in [-0.3, -0.25) is 4.79 Å². The predicted octanol–water partition coefficient (Wildman–Crippen LogP) is -0.264. The Morgan fingerprint density at radius 3 is 2.67 bits per heavy atom. The number of hydrogen-bond acceptors (Lipinski definition) is 3. The van der Waals surface area contributed by atoms with Gasteiger partial charge in [0.1, 0.15) is 5.60 Å². The molecule has 1 aromatic heterocycles. The number of nitrogens with zero attached hydrogens (tertiary/aromatic N) is 1. The normalized spacial score (nSPS) is 11.6. The molecular formula is C7H11N3O2. The molecule has 0 atom stereocenters. The van der Waals surface area contributed by atoms with Crippen molar-refractivity contribution in [2.75, 3.05) is 0 Å². The highest BCUT2D eigenvalue weighted by molar-refractivity contribution is 5.92. The molecule has 0 aliphatic heterocycles. The largest absolute Gasteiger partial charge is 0.384 e. The van der Waals surface area contributed by atoms with Gasteiger partial charge in [0.15, 0.2) is 5.69 Å². The third-order valence-electron chi connectivity index (χ3n) is 1.48. The van der Waals surface area contributed by atoms with Crippen LogP contribution in [0, 0.1) is 0 Å². The zero-order valence-corrected chi connectivity index (χ0v) is 6.96. The standard InChI is InChI=1S/C7H11N3O2/c1-7(2,12)5-4(6(8)11)9-3-10-5/h3,12H,1-2H3,(H2,8,11)(H,9,10). The monoisotopic (exact) mass is 169 g/mol. The van der Waals surface area contributed by atoms with Gasteiger partial charge in [0.25, 0.3) is 5.91 Å². The molecule has 0 unspecified atom stereocenters. The van der Waals surface area contributed by atoms with Gasteiger partial charge in [0.2, 0.25) is 0 Å². The SMILES string of the molecule is CC(C)(O)c1[nH]cnc1C(N)=O. The maximum absolute atomic E-state index is 10.8. The summed E-state index contributed by atoms with van der Waals surface area (Å²) in [5, 5.41) is 9.53. The summed E-state index contributed by atoms with van der Waals surface area (Å²) in [6, 6.07) is 0. The number of H-pyrrole nitrogens is 1. The van der Waals surface area contributed by atoms with Crippen LogP contribution in [0.5, 0.6) is 0 Å². The topological polar surface area (TPSA) is 92.0 Å². The van der Waals surface area contributed by atoms with E-state index in [9.17, 15) is 9.90 Å². The van der Waals surface area contributed by atoms with Crippen molar-refractivity contribution in [1.29, 1.82) is 0 Å². The Kier molecular flexibility index (Phi) is 1.89. The summed E-state index contributed by atoms with van der Waals surface area (Å²) in [5.41, 5.74) is 4.33. The second kappa shape index (κ2) is 2.60. The molecule has 12 heavy (non-hydrogen) atoms. The quantitative estimate of drug-likeness (QED) is 0.569. The summed E-state index contributed by atoms with van der Waals surface area (Å²) in [7, 11) is 0. The van der Waals surface area contributed by atoms with Gasteiger partial charge >= 0.3 is 0 Å². The second-order valence-corrected chi connectivity index (χ2v) is 3.05. The first-order chi connectivity index (χ1) is 5.43. The molecule has 0 spiro atoms. The van der Waals surface area contributed by atoms with E-state index in [-0.39, 0.29) is 5.69 Å². The minimum absolute atomic E-state index is 0.0856. The molecule has 1 amide bonds. The highest BCUT2D eigenvalue weighted by Crippen LogP contribution is 2.19. The van der Waals surface area contributed by atoms with Crippen molar-refractivity contribution < 1.29 is 9.90 Å². The molecule has 0 aromatic carbocycles. The van der Waals surface area contributed by atoms with Crippen molar-refractivity contribution in [3.63, 3.8) is 0 Å². The number of aromatic nitrogens is 2. The molecule has 0 saturated carbocycles. The van der Waals surface area contributed by atoms with E-state index in [2.05, 4.69) is 9.97 Å². The van der Waals surface area contributed by atoms with Gasteiger partial charge in [-0.15, -0.1) is 0 Å². The van der Waals surface area contributed by atoms with Crippen LogP contribution in [-0.4, -0.2) is 21.0 Å². The molecule has 66 valence electrons. The van der Waals surface area contributed by atoms with Crippen molar-refractivity contribution in [2.24, 2.45) is 5.73 Å². The number of nitrogens with two attached hydrogens (primary N) is 1. The molecule has 5 nitrogen and oxygen atoms in total. The van der Waals surface area contributed by atoms with E-state index in [0.29, 0.717) is 5.69 Å². The van der Waals surface area contributed by atoms with Gasteiger partial charge in [0.05, 0.1) is 12.0 Å². The number of hydrogen-bond donors (Lipinski definition) is 3. The summed E-state index contributed by atoms with van der Waals surface area (Å²) in [6.07, 6.45) is 1.33. The molecule has 1 aromatic rings. The van der Waals surface area contributed by atoms with Gasteiger partial charge in [-0.05, 0) is 13.8 Å². The van der Waals surface area contributed by atoms with Gasteiger partial charge in [0, 0.05) is 0 Å². The average Bonchev–Trinajstić information content (AvgIpc) is 2.30. The van der Waals surface area contributed by atoms with E-state index < -0.39 is 11.5 Å². The first kappa shape index (κ1) is 8.73. The predicted molar refractivity (Wildman–Crippen MR) is 42.4 cm³/mol. The number of imidazole rings is 1. The lowest BCUT2D eigenvalue weighted by molar-refractivity contribution is 0.0714. The van der Waals surface area contributed by atoms with Crippen LogP contribution >= 0.6 is 0 Å². The summed E-state index contributed by atoms with van der Waals surface area (Å²) >= 11 is 0. The van der Waals surface area contributed by atoms with Crippen LogP contribution in [0.3, 0.4) is 0 Å². The van der Waals surface area contributed by atoms with E-state index >= 15 is 0 Å². The Morgan fingerprint density at radius 1 is 1.75 bits per heavy atom. The van der Waals surface area contributed by atoms with Crippen LogP contribution in [0.25, 0.3) is 0 Å². The number of carbonyl (C=O) groups excluding carboxylic acids is 1. The molecule has 5 heteroatoms. The van der Waals surface area contributed by atoms with Crippen LogP contribution in [0.4, 0.5) is 0 Å². The lowest BCUT2D eigenvalue weighted by Crippen LogP contribution is -2.23. The molecule has 0 fully saturated rings. The highest BCUT2D eigenvalue weighted by atomic mass is 16.3. The van der Waals surface area contributed by atoms with Gasteiger partial charge in [-0.2, -0.15) is 0 Å². The number of rotatable bonds is 2. The fourth-order valence-electron chi connectivity index (χ4n) is 0.947. The Morgan fingerprint density at radius 2 is 2.33 bits per heavy atom. The number of primary amides is 1. The van der Waals surface area contributed by atoms with Crippen LogP contribution < -0.4 is 5.73 Å². The fraction of sp³-hybridized carbons (Fsp3) is 0.429. The maximum atomic E-state index is 10.8. The van der Waals surface area contributed by atoms with Crippen LogP contribution in [0.1, 0.15) is 30.0 Å². The minimum Gasteiger partial charge on any atom is -0.384 e. The van der Waals surface area contributed by atoms with E-state index in [1.807, 2.05) is 0 Å². The number of nitrogens with one attached hydrogen (secondary N) is 1. The number of aromatic amines is 1. The van der Waals surface area contributed by atoms with Crippen LogP contribution in [0.15, 0.2) is 6.33 Å². The minimum atomic E-state index is -1.12. The molecule has 4 N–H and O–H groups in total. The van der Waals surface area contributed by atoms with E-state index in [0.717, 1.165) is 0 Å². The van der Waals surface area contributed by atoms with Crippen molar-refractivity contribution >= 4 is 5.91 Å². The van der Waals surface area contributed by atoms with Crippen LogP contribution in [-0.2, 0) is 5.60 Å².